The molecular formula is C10H10BrNOS. The predicted octanol–water partition coefficient (Wildman–Crippen LogP) is 3.49. The van der Waals surface area contributed by atoms with Crippen LogP contribution in [0.2, 0.25) is 0 Å². The zero-order chi connectivity index (χ0) is 9.97. The highest BCUT2D eigenvalue weighted by atomic mass is 79.9. The largest absolute Gasteiger partial charge is 0.460 e. The van der Waals surface area contributed by atoms with Crippen molar-refractivity contribution in [1.29, 1.82) is 0 Å². The first-order chi connectivity index (χ1) is 6.81. The van der Waals surface area contributed by atoms with Crippen LogP contribution >= 0.6 is 27.3 Å². The Morgan fingerprint density at radius 3 is 2.93 bits per heavy atom. The third-order valence-electron chi connectivity index (χ3n) is 1.89. The van der Waals surface area contributed by atoms with Crippen molar-refractivity contribution in [3.05, 3.63) is 33.1 Å². The first kappa shape index (κ1) is 9.96. The molecule has 0 bridgehead atoms. The first-order valence-electron chi connectivity index (χ1n) is 4.26. The van der Waals surface area contributed by atoms with E-state index in [-0.39, 0.29) is 0 Å². The summed E-state index contributed by atoms with van der Waals surface area (Å²) in [7, 11) is 1.91. The van der Waals surface area contributed by atoms with Crippen LogP contribution in [0.4, 0.5) is 0 Å². The number of halogens is 1. The second-order valence-electron chi connectivity index (χ2n) is 2.93. The summed E-state index contributed by atoms with van der Waals surface area (Å²) in [4.78, 5) is 0. The molecule has 0 spiro atoms. The lowest BCUT2D eigenvalue weighted by Gasteiger charge is -1.95. The van der Waals surface area contributed by atoms with Gasteiger partial charge >= 0.3 is 0 Å². The van der Waals surface area contributed by atoms with Gasteiger partial charge < -0.3 is 9.73 Å². The Labute approximate surface area is 95.1 Å². The number of furan rings is 1. The zero-order valence-electron chi connectivity index (χ0n) is 7.71. The summed E-state index contributed by atoms with van der Waals surface area (Å²) in [6.45, 7) is 0.766. The van der Waals surface area contributed by atoms with E-state index in [9.17, 15) is 0 Å². The van der Waals surface area contributed by atoms with E-state index >= 15 is 0 Å². The molecule has 0 atom stereocenters. The molecule has 0 radical (unpaired) electrons. The van der Waals surface area contributed by atoms with Crippen molar-refractivity contribution in [3.63, 3.8) is 0 Å². The van der Waals surface area contributed by atoms with Gasteiger partial charge in [-0.1, -0.05) is 0 Å². The van der Waals surface area contributed by atoms with Crippen LogP contribution in [0.5, 0.6) is 0 Å². The normalized spacial score (nSPS) is 10.7. The molecule has 0 aliphatic carbocycles. The maximum atomic E-state index is 5.66. The van der Waals surface area contributed by atoms with Crippen LogP contribution < -0.4 is 5.32 Å². The minimum atomic E-state index is 0.766. The summed E-state index contributed by atoms with van der Waals surface area (Å²) in [5.41, 5.74) is 1.12. The number of hydrogen-bond donors (Lipinski definition) is 1. The van der Waals surface area contributed by atoms with Crippen LogP contribution in [-0.4, -0.2) is 7.05 Å². The van der Waals surface area contributed by atoms with Crippen molar-refractivity contribution in [3.8, 4) is 11.3 Å². The fourth-order valence-corrected chi connectivity index (χ4v) is 2.73. The molecule has 1 N–H and O–H groups in total. The van der Waals surface area contributed by atoms with Crippen LogP contribution in [-0.2, 0) is 6.54 Å². The maximum absolute atomic E-state index is 5.66. The molecule has 0 saturated heterocycles. The molecule has 2 nitrogen and oxygen atoms in total. The zero-order valence-corrected chi connectivity index (χ0v) is 10.1. The lowest BCUT2D eigenvalue weighted by Crippen LogP contribution is -2.03. The molecule has 14 heavy (non-hydrogen) atoms. The molecule has 0 fully saturated rings. The average molecular weight is 272 g/mol. The van der Waals surface area contributed by atoms with Gasteiger partial charge in [-0.25, -0.2) is 0 Å². The lowest BCUT2D eigenvalue weighted by atomic mass is 10.3. The third kappa shape index (κ3) is 1.92. The first-order valence-corrected chi connectivity index (χ1v) is 6.00. The van der Waals surface area contributed by atoms with Crippen LogP contribution in [0, 0.1) is 0 Å². The third-order valence-corrected chi connectivity index (χ3v) is 3.60. The van der Waals surface area contributed by atoms with Crippen molar-refractivity contribution in [1.82, 2.24) is 5.32 Å². The molecule has 0 aromatic carbocycles. The molecule has 0 amide bonds. The highest BCUT2D eigenvalue weighted by Crippen LogP contribution is 2.32. The van der Waals surface area contributed by atoms with Gasteiger partial charge in [0.15, 0.2) is 0 Å². The predicted molar refractivity (Wildman–Crippen MR) is 62.5 cm³/mol. The molecule has 2 rings (SSSR count). The Morgan fingerprint density at radius 2 is 2.29 bits per heavy atom. The lowest BCUT2D eigenvalue weighted by molar-refractivity contribution is 0.507. The van der Waals surface area contributed by atoms with E-state index in [2.05, 4.69) is 32.0 Å². The van der Waals surface area contributed by atoms with Gasteiger partial charge in [0.1, 0.15) is 11.5 Å². The average Bonchev–Trinajstić information content (AvgIpc) is 2.74. The van der Waals surface area contributed by atoms with Crippen LogP contribution in [0.3, 0.4) is 0 Å². The number of rotatable bonds is 3. The summed E-state index contributed by atoms with van der Waals surface area (Å²) in [5.74, 6) is 1.88. The van der Waals surface area contributed by atoms with Gasteiger partial charge in [0.05, 0.1) is 6.54 Å². The molecule has 4 heteroatoms. The van der Waals surface area contributed by atoms with Gasteiger partial charge in [0.25, 0.3) is 0 Å². The summed E-state index contributed by atoms with van der Waals surface area (Å²) in [6.07, 6.45) is 0. The van der Waals surface area contributed by atoms with E-state index in [0.717, 1.165) is 28.1 Å². The quantitative estimate of drug-likeness (QED) is 0.925. The molecule has 2 heterocycles. The number of hydrogen-bond acceptors (Lipinski definition) is 3. The minimum Gasteiger partial charge on any atom is -0.460 e. The minimum absolute atomic E-state index is 0.766. The fraction of sp³-hybridized carbons (Fsp3) is 0.200. The molecule has 2 aromatic rings. The standard InChI is InChI=1S/C10H10BrNOS/c1-12-4-7-2-3-10(13-7)8-5-14-6-9(8)11/h2-3,5-6,12H,4H2,1H3. The highest BCUT2D eigenvalue weighted by Gasteiger charge is 2.08. The van der Waals surface area contributed by atoms with Crippen LogP contribution in [0.25, 0.3) is 11.3 Å². The molecule has 0 unspecified atom stereocenters. The van der Waals surface area contributed by atoms with E-state index < -0.39 is 0 Å². The van der Waals surface area contributed by atoms with E-state index in [1.165, 1.54) is 0 Å². The van der Waals surface area contributed by atoms with Crippen molar-refractivity contribution in [2.24, 2.45) is 0 Å². The van der Waals surface area contributed by atoms with Gasteiger partial charge in [0.2, 0.25) is 0 Å². The van der Waals surface area contributed by atoms with Crippen molar-refractivity contribution >= 4 is 27.3 Å². The smallest absolute Gasteiger partial charge is 0.136 e. The van der Waals surface area contributed by atoms with Gasteiger partial charge in [-0.2, -0.15) is 11.3 Å². The molecule has 0 saturated carbocycles. The Bertz CT molecular complexity index is 421. The molecule has 0 aliphatic rings. The van der Waals surface area contributed by atoms with E-state index in [0.29, 0.717) is 0 Å². The monoisotopic (exact) mass is 271 g/mol. The summed E-state index contributed by atoms with van der Waals surface area (Å²) >= 11 is 5.15. The van der Waals surface area contributed by atoms with Crippen LogP contribution in [0.15, 0.2) is 31.8 Å². The summed E-state index contributed by atoms with van der Waals surface area (Å²) < 4.78 is 6.75. The molecule has 2 aromatic heterocycles. The molecule has 74 valence electrons. The van der Waals surface area contributed by atoms with Crippen molar-refractivity contribution in [2.75, 3.05) is 7.05 Å². The Kier molecular flexibility index (Phi) is 3.05. The molecule has 0 aliphatic heterocycles. The van der Waals surface area contributed by atoms with Crippen molar-refractivity contribution in [2.45, 2.75) is 6.54 Å². The van der Waals surface area contributed by atoms with E-state index in [1.54, 1.807) is 11.3 Å². The van der Waals surface area contributed by atoms with E-state index in [1.807, 2.05) is 19.2 Å². The second-order valence-corrected chi connectivity index (χ2v) is 4.53. The maximum Gasteiger partial charge on any atom is 0.136 e. The van der Waals surface area contributed by atoms with Crippen molar-refractivity contribution < 1.29 is 4.42 Å². The van der Waals surface area contributed by atoms with E-state index in [4.69, 9.17) is 4.42 Å². The molecular weight excluding hydrogens is 262 g/mol. The SMILES string of the molecule is CNCc1ccc(-c2cscc2Br)o1. The summed E-state index contributed by atoms with van der Waals surface area (Å²) in [5, 5.41) is 7.18. The van der Waals surface area contributed by atoms with Gasteiger partial charge in [-0.05, 0) is 35.1 Å². The Hall–Kier alpha value is -0.580. The number of nitrogens with one attached hydrogen (secondary N) is 1. The highest BCUT2D eigenvalue weighted by molar-refractivity contribution is 9.10. The van der Waals surface area contributed by atoms with Gasteiger partial charge in [-0.15, -0.1) is 0 Å². The Morgan fingerprint density at radius 1 is 1.43 bits per heavy atom. The Balaban J connectivity index is 2.29. The van der Waals surface area contributed by atoms with Gasteiger partial charge in [0, 0.05) is 20.8 Å². The van der Waals surface area contributed by atoms with Crippen LogP contribution in [0.1, 0.15) is 5.76 Å². The fourth-order valence-electron chi connectivity index (χ4n) is 1.25. The van der Waals surface area contributed by atoms with Gasteiger partial charge in [-0.3, -0.25) is 0 Å². The second kappa shape index (κ2) is 4.29. The summed E-state index contributed by atoms with van der Waals surface area (Å²) in [6, 6.07) is 4.00. The number of thiophene rings is 1. The topological polar surface area (TPSA) is 25.2 Å².